The van der Waals surface area contributed by atoms with Gasteiger partial charge in [0.05, 0.1) is 17.6 Å². The van der Waals surface area contributed by atoms with Gasteiger partial charge in [-0.1, -0.05) is 11.6 Å². The quantitative estimate of drug-likeness (QED) is 0.683. The molecule has 1 aromatic rings. The molecule has 1 aromatic carbocycles. The summed E-state index contributed by atoms with van der Waals surface area (Å²) >= 11 is 5.81. The molecule has 2 aliphatic heterocycles. The Bertz CT molecular complexity index is 540. The molecule has 0 radical (unpaired) electrons. The van der Waals surface area contributed by atoms with E-state index in [1.165, 1.54) is 18.9 Å². The van der Waals surface area contributed by atoms with Gasteiger partial charge in [0.15, 0.2) is 0 Å². The number of halogens is 1. The molecule has 2 aliphatic rings. The Hall–Kier alpha value is -1.37. The largest absolute Gasteiger partial charge is 0.377 e. The van der Waals surface area contributed by atoms with Crippen LogP contribution in [0, 0.1) is 10.1 Å². The normalized spacial score (nSPS) is 25.6. The van der Waals surface area contributed by atoms with Gasteiger partial charge in [0.2, 0.25) is 0 Å². The van der Waals surface area contributed by atoms with Crippen LogP contribution in [0.3, 0.4) is 0 Å². The zero-order valence-corrected chi connectivity index (χ0v) is 12.4. The molecule has 2 fully saturated rings. The van der Waals surface area contributed by atoms with Crippen molar-refractivity contribution in [1.82, 2.24) is 4.90 Å². The van der Waals surface area contributed by atoms with Crippen LogP contribution in [0.2, 0.25) is 5.02 Å². The van der Waals surface area contributed by atoms with Crippen LogP contribution in [-0.2, 0) is 4.74 Å². The number of benzene rings is 1. The summed E-state index contributed by atoms with van der Waals surface area (Å²) in [6.45, 7) is 3.34. The molecule has 7 heteroatoms. The molecule has 3 rings (SSSR count). The number of hydrogen-bond acceptors (Lipinski definition) is 5. The SMILES string of the molecule is O=[N+]([O-])c1cc(Cl)ccc1NCC1CN2CCCC2CO1. The Labute approximate surface area is 128 Å². The molecule has 0 saturated carbocycles. The average Bonchev–Trinajstić information content (AvgIpc) is 2.93. The first-order valence-electron chi connectivity index (χ1n) is 7.17. The molecule has 2 atom stereocenters. The number of nitro benzene ring substituents is 1. The van der Waals surface area contributed by atoms with Gasteiger partial charge in [-0.3, -0.25) is 15.0 Å². The third kappa shape index (κ3) is 3.28. The number of ether oxygens (including phenoxy) is 1. The van der Waals surface area contributed by atoms with Crippen LogP contribution in [0.1, 0.15) is 12.8 Å². The second kappa shape index (κ2) is 6.17. The van der Waals surface area contributed by atoms with Gasteiger partial charge in [-0.25, -0.2) is 0 Å². The van der Waals surface area contributed by atoms with Gasteiger partial charge in [0.1, 0.15) is 5.69 Å². The van der Waals surface area contributed by atoms with Gasteiger partial charge in [-0.2, -0.15) is 0 Å². The standard InChI is InChI=1S/C14H18ClN3O3/c15-10-3-4-13(14(6-10)18(19)20)16-7-12-8-17-5-1-2-11(17)9-21-12/h3-4,6,11-12,16H,1-2,5,7-9H2. The Morgan fingerprint density at radius 3 is 3.19 bits per heavy atom. The zero-order chi connectivity index (χ0) is 14.8. The predicted molar refractivity (Wildman–Crippen MR) is 80.9 cm³/mol. The summed E-state index contributed by atoms with van der Waals surface area (Å²) in [5.41, 5.74) is 0.480. The Balaban J connectivity index is 1.61. The van der Waals surface area contributed by atoms with Crippen LogP contribution < -0.4 is 5.32 Å². The van der Waals surface area contributed by atoms with Crippen molar-refractivity contribution in [3.8, 4) is 0 Å². The monoisotopic (exact) mass is 311 g/mol. The van der Waals surface area contributed by atoms with Gasteiger partial charge in [-0.15, -0.1) is 0 Å². The molecule has 0 amide bonds. The molecule has 0 spiro atoms. The molecule has 2 heterocycles. The van der Waals surface area contributed by atoms with Crippen LogP contribution in [-0.4, -0.2) is 48.2 Å². The van der Waals surface area contributed by atoms with Crippen molar-refractivity contribution >= 4 is 23.0 Å². The summed E-state index contributed by atoms with van der Waals surface area (Å²) in [7, 11) is 0. The van der Waals surface area contributed by atoms with Crippen molar-refractivity contribution in [1.29, 1.82) is 0 Å². The van der Waals surface area contributed by atoms with E-state index in [2.05, 4.69) is 10.2 Å². The topological polar surface area (TPSA) is 67.6 Å². The van der Waals surface area contributed by atoms with E-state index in [-0.39, 0.29) is 11.8 Å². The highest BCUT2D eigenvalue weighted by Crippen LogP contribution is 2.28. The number of rotatable bonds is 4. The number of fused-ring (bicyclic) bond motifs is 1. The van der Waals surface area contributed by atoms with Crippen molar-refractivity contribution in [2.75, 3.05) is 31.6 Å². The summed E-state index contributed by atoms with van der Waals surface area (Å²) in [5, 5.41) is 14.5. The summed E-state index contributed by atoms with van der Waals surface area (Å²) < 4.78 is 5.84. The smallest absolute Gasteiger partial charge is 0.293 e. The number of anilines is 1. The van der Waals surface area contributed by atoms with E-state index in [0.717, 1.165) is 19.7 Å². The maximum absolute atomic E-state index is 11.0. The molecule has 21 heavy (non-hydrogen) atoms. The Morgan fingerprint density at radius 1 is 1.52 bits per heavy atom. The van der Waals surface area contributed by atoms with E-state index < -0.39 is 4.92 Å². The number of nitrogens with one attached hydrogen (secondary N) is 1. The molecule has 0 aliphatic carbocycles. The summed E-state index contributed by atoms with van der Waals surface area (Å²) in [6, 6.07) is 5.21. The van der Waals surface area contributed by atoms with Gasteiger partial charge in [0, 0.05) is 30.2 Å². The highest BCUT2D eigenvalue weighted by atomic mass is 35.5. The molecule has 0 aromatic heterocycles. The highest BCUT2D eigenvalue weighted by Gasteiger charge is 2.32. The van der Waals surface area contributed by atoms with Crippen molar-refractivity contribution < 1.29 is 9.66 Å². The van der Waals surface area contributed by atoms with Crippen molar-refractivity contribution in [3.05, 3.63) is 33.3 Å². The maximum atomic E-state index is 11.0. The minimum absolute atomic E-state index is 0.00245. The van der Waals surface area contributed by atoms with Crippen LogP contribution in [0.4, 0.5) is 11.4 Å². The third-order valence-corrected chi connectivity index (χ3v) is 4.37. The Kier molecular flexibility index (Phi) is 4.28. The molecule has 0 bridgehead atoms. The van der Waals surface area contributed by atoms with E-state index in [1.54, 1.807) is 12.1 Å². The molecule has 2 saturated heterocycles. The van der Waals surface area contributed by atoms with Gasteiger partial charge in [0.25, 0.3) is 5.69 Å². The predicted octanol–water partition coefficient (Wildman–Crippen LogP) is 2.52. The first kappa shape index (κ1) is 14.6. The molecular formula is C14H18ClN3O3. The van der Waals surface area contributed by atoms with E-state index in [9.17, 15) is 10.1 Å². The first-order chi connectivity index (χ1) is 10.1. The lowest BCUT2D eigenvalue weighted by Gasteiger charge is -2.35. The maximum Gasteiger partial charge on any atom is 0.293 e. The van der Waals surface area contributed by atoms with E-state index in [1.807, 2.05) is 0 Å². The van der Waals surface area contributed by atoms with Crippen molar-refractivity contribution in [3.63, 3.8) is 0 Å². The van der Waals surface area contributed by atoms with Gasteiger partial charge < -0.3 is 10.1 Å². The van der Waals surface area contributed by atoms with Crippen molar-refractivity contribution in [2.45, 2.75) is 25.0 Å². The van der Waals surface area contributed by atoms with Crippen LogP contribution in [0.15, 0.2) is 18.2 Å². The molecule has 2 unspecified atom stereocenters. The first-order valence-corrected chi connectivity index (χ1v) is 7.55. The highest BCUT2D eigenvalue weighted by molar-refractivity contribution is 6.30. The molecule has 114 valence electrons. The lowest BCUT2D eigenvalue weighted by Crippen LogP contribution is -2.48. The molecular weight excluding hydrogens is 294 g/mol. The summed E-state index contributed by atoms with van der Waals surface area (Å²) in [5.74, 6) is 0. The second-order valence-corrected chi connectivity index (χ2v) is 5.98. The minimum Gasteiger partial charge on any atom is -0.377 e. The number of nitro groups is 1. The number of nitrogens with zero attached hydrogens (tertiary/aromatic N) is 2. The van der Waals surface area contributed by atoms with E-state index in [0.29, 0.717) is 23.3 Å². The minimum atomic E-state index is -0.424. The second-order valence-electron chi connectivity index (χ2n) is 5.55. The lowest BCUT2D eigenvalue weighted by molar-refractivity contribution is -0.383. The van der Waals surface area contributed by atoms with Crippen LogP contribution in [0.25, 0.3) is 0 Å². The molecule has 6 nitrogen and oxygen atoms in total. The average molecular weight is 312 g/mol. The number of morpholine rings is 1. The fourth-order valence-corrected chi connectivity index (χ4v) is 3.20. The fraction of sp³-hybridized carbons (Fsp3) is 0.571. The van der Waals surface area contributed by atoms with Crippen LogP contribution in [0.5, 0.6) is 0 Å². The van der Waals surface area contributed by atoms with E-state index >= 15 is 0 Å². The summed E-state index contributed by atoms with van der Waals surface area (Å²) in [4.78, 5) is 13.1. The number of hydrogen-bond donors (Lipinski definition) is 1. The van der Waals surface area contributed by atoms with Gasteiger partial charge >= 0.3 is 0 Å². The van der Waals surface area contributed by atoms with Crippen molar-refractivity contribution in [2.24, 2.45) is 0 Å². The van der Waals surface area contributed by atoms with Crippen LogP contribution >= 0.6 is 11.6 Å². The molecule has 1 N–H and O–H groups in total. The summed E-state index contributed by atoms with van der Waals surface area (Å²) in [6.07, 6.45) is 2.51. The van der Waals surface area contributed by atoms with E-state index in [4.69, 9.17) is 16.3 Å². The lowest BCUT2D eigenvalue weighted by atomic mass is 10.2. The fourth-order valence-electron chi connectivity index (χ4n) is 3.04. The van der Waals surface area contributed by atoms with Gasteiger partial charge in [-0.05, 0) is 31.5 Å². The third-order valence-electron chi connectivity index (χ3n) is 4.14. The Morgan fingerprint density at radius 2 is 2.38 bits per heavy atom. The zero-order valence-electron chi connectivity index (χ0n) is 11.6.